The number of halogens is 1. The highest BCUT2D eigenvalue weighted by Crippen LogP contribution is 2.32. The molecule has 94 valence electrons. The molecule has 7 heteroatoms. The van der Waals surface area contributed by atoms with Crippen LogP contribution in [0.5, 0.6) is 0 Å². The third-order valence-electron chi connectivity index (χ3n) is 2.30. The molecular weight excluding hydrogens is 274 g/mol. The van der Waals surface area contributed by atoms with Crippen LogP contribution in [0.2, 0.25) is 5.02 Å². The van der Waals surface area contributed by atoms with Gasteiger partial charge in [0.05, 0.1) is 22.2 Å². The second-order valence-electron chi connectivity index (χ2n) is 3.60. The molecule has 0 amide bonds. The van der Waals surface area contributed by atoms with Crippen LogP contribution in [-0.4, -0.2) is 9.91 Å². The van der Waals surface area contributed by atoms with Crippen LogP contribution in [0.25, 0.3) is 0 Å². The van der Waals surface area contributed by atoms with Gasteiger partial charge < -0.3 is 5.32 Å². The minimum Gasteiger partial charge on any atom is -0.374 e. The fraction of sp³-hybridized carbons (Fsp3) is 0.182. The number of benzene rings is 1. The Morgan fingerprint density at radius 3 is 2.94 bits per heavy atom. The lowest BCUT2D eigenvalue weighted by atomic mass is 10.2. The number of nitro benzene ring substituents is 1. The van der Waals surface area contributed by atoms with Gasteiger partial charge in [-0.1, -0.05) is 17.7 Å². The summed E-state index contributed by atoms with van der Waals surface area (Å²) < 4.78 is 0. The van der Waals surface area contributed by atoms with E-state index >= 15 is 0 Å². The van der Waals surface area contributed by atoms with Gasteiger partial charge in [-0.3, -0.25) is 10.1 Å². The van der Waals surface area contributed by atoms with E-state index in [1.54, 1.807) is 23.5 Å². The van der Waals surface area contributed by atoms with Crippen molar-refractivity contribution in [2.75, 3.05) is 5.32 Å². The van der Waals surface area contributed by atoms with Crippen molar-refractivity contribution in [3.8, 4) is 0 Å². The van der Waals surface area contributed by atoms with E-state index in [0.29, 0.717) is 12.2 Å². The second-order valence-corrected chi connectivity index (χ2v) is 5.07. The van der Waals surface area contributed by atoms with Gasteiger partial charge in [0, 0.05) is 5.38 Å². The number of aryl methyl sites for hydroxylation is 1. The summed E-state index contributed by atoms with van der Waals surface area (Å²) in [4.78, 5) is 14.7. The number of para-hydroxylation sites is 1. The van der Waals surface area contributed by atoms with Gasteiger partial charge in [-0.2, -0.15) is 0 Å². The van der Waals surface area contributed by atoms with Crippen molar-refractivity contribution >= 4 is 34.3 Å². The summed E-state index contributed by atoms with van der Waals surface area (Å²) >= 11 is 7.36. The normalized spacial score (nSPS) is 10.3. The molecule has 2 aromatic rings. The zero-order valence-corrected chi connectivity index (χ0v) is 11.1. The first kappa shape index (κ1) is 12.8. The Labute approximate surface area is 113 Å². The summed E-state index contributed by atoms with van der Waals surface area (Å²) in [6.07, 6.45) is 0. The lowest BCUT2D eigenvalue weighted by Gasteiger charge is -2.06. The number of nitro groups is 1. The average Bonchev–Trinajstić information content (AvgIpc) is 2.72. The molecule has 0 atom stereocenters. The molecule has 0 bridgehead atoms. The Hall–Kier alpha value is -1.66. The number of hydrogen-bond donors (Lipinski definition) is 1. The molecule has 0 aliphatic carbocycles. The molecule has 1 aromatic carbocycles. The van der Waals surface area contributed by atoms with Gasteiger partial charge >= 0.3 is 5.69 Å². The van der Waals surface area contributed by atoms with E-state index in [2.05, 4.69) is 10.3 Å². The third-order valence-corrected chi connectivity index (χ3v) is 3.42. The number of nitrogens with one attached hydrogen (secondary N) is 1. The SMILES string of the molecule is Cc1nc(CNc2cccc(Cl)c2[N+](=O)[O-])cs1. The van der Waals surface area contributed by atoms with Crippen LogP contribution in [0.3, 0.4) is 0 Å². The van der Waals surface area contributed by atoms with Gasteiger partial charge in [0.2, 0.25) is 0 Å². The van der Waals surface area contributed by atoms with Crippen molar-refractivity contribution in [3.05, 3.63) is 49.4 Å². The van der Waals surface area contributed by atoms with Crippen LogP contribution in [0.15, 0.2) is 23.6 Å². The van der Waals surface area contributed by atoms with E-state index in [1.807, 2.05) is 12.3 Å². The first-order chi connectivity index (χ1) is 8.58. The van der Waals surface area contributed by atoms with Crippen LogP contribution in [0.4, 0.5) is 11.4 Å². The fourth-order valence-corrected chi connectivity index (χ4v) is 2.37. The monoisotopic (exact) mass is 283 g/mol. The molecule has 0 aliphatic heterocycles. The first-order valence-electron chi connectivity index (χ1n) is 5.15. The zero-order valence-electron chi connectivity index (χ0n) is 9.51. The lowest BCUT2D eigenvalue weighted by molar-refractivity contribution is -0.383. The van der Waals surface area contributed by atoms with E-state index in [4.69, 9.17) is 11.6 Å². The smallest absolute Gasteiger partial charge is 0.310 e. The van der Waals surface area contributed by atoms with Crippen molar-refractivity contribution in [1.29, 1.82) is 0 Å². The second kappa shape index (κ2) is 5.32. The minimum absolute atomic E-state index is 0.105. The van der Waals surface area contributed by atoms with E-state index in [0.717, 1.165) is 10.7 Å². The highest BCUT2D eigenvalue weighted by Gasteiger charge is 2.18. The van der Waals surface area contributed by atoms with E-state index in [9.17, 15) is 10.1 Å². The van der Waals surface area contributed by atoms with Crippen molar-refractivity contribution in [2.45, 2.75) is 13.5 Å². The predicted molar refractivity (Wildman–Crippen MR) is 72.3 cm³/mol. The van der Waals surface area contributed by atoms with Crippen molar-refractivity contribution < 1.29 is 4.92 Å². The van der Waals surface area contributed by atoms with E-state index in [-0.39, 0.29) is 10.7 Å². The largest absolute Gasteiger partial charge is 0.374 e. The number of nitrogens with zero attached hydrogens (tertiary/aromatic N) is 2. The number of thiazole rings is 1. The van der Waals surface area contributed by atoms with Gasteiger partial charge in [0.1, 0.15) is 10.7 Å². The standard InChI is InChI=1S/C11H10ClN3O2S/c1-7-14-8(6-18-7)5-13-10-4-2-3-9(12)11(10)15(16)17/h2-4,6,13H,5H2,1H3. The summed E-state index contributed by atoms with van der Waals surface area (Å²) in [7, 11) is 0. The Morgan fingerprint density at radius 2 is 2.33 bits per heavy atom. The molecule has 2 rings (SSSR count). The summed E-state index contributed by atoms with van der Waals surface area (Å²) in [6, 6.07) is 4.80. The maximum atomic E-state index is 10.9. The Morgan fingerprint density at radius 1 is 1.56 bits per heavy atom. The molecule has 5 nitrogen and oxygen atoms in total. The van der Waals surface area contributed by atoms with Crippen molar-refractivity contribution in [3.63, 3.8) is 0 Å². The van der Waals surface area contributed by atoms with E-state index in [1.165, 1.54) is 6.07 Å². The Kier molecular flexibility index (Phi) is 3.78. The quantitative estimate of drug-likeness (QED) is 0.687. The number of hydrogen-bond acceptors (Lipinski definition) is 5. The molecule has 0 unspecified atom stereocenters. The number of anilines is 1. The lowest BCUT2D eigenvalue weighted by Crippen LogP contribution is -2.03. The maximum Gasteiger partial charge on any atom is 0.310 e. The molecule has 0 radical (unpaired) electrons. The van der Waals surface area contributed by atoms with Gasteiger partial charge in [0.25, 0.3) is 0 Å². The highest BCUT2D eigenvalue weighted by molar-refractivity contribution is 7.09. The molecule has 0 saturated heterocycles. The molecule has 1 heterocycles. The highest BCUT2D eigenvalue weighted by atomic mass is 35.5. The van der Waals surface area contributed by atoms with Crippen LogP contribution in [0, 0.1) is 17.0 Å². The molecule has 18 heavy (non-hydrogen) atoms. The van der Waals surface area contributed by atoms with Gasteiger partial charge in [0.15, 0.2) is 0 Å². The Balaban J connectivity index is 2.19. The molecule has 0 aliphatic rings. The first-order valence-corrected chi connectivity index (χ1v) is 6.41. The van der Waals surface area contributed by atoms with Crippen molar-refractivity contribution in [2.24, 2.45) is 0 Å². The summed E-state index contributed by atoms with van der Waals surface area (Å²) in [6.45, 7) is 2.35. The van der Waals surface area contributed by atoms with Gasteiger partial charge in [-0.15, -0.1) is 11.3 Å². The molecule has 0 saturated carbocycles. The van der Waals surface area contributed by atoms with Crippen LogP contribution in [-0.2, 0) is 6.54 Å². The third kappa shape index (κ3) is 2.77. The number of aromatic nitrogens is 1. The van der Waals surface area contributed by atoms with Crippen LogP contribution in [0.1, 0.15) is 10.7 Å². The molecule has 0 fully saturated rings. The fourth-order valence-electron chi connectivity index (χ4n) is 1.52. The molecule has 0 spiro atoms. The van der Waals surface area contributed by atoms with Gasteiger partial charge in [-0.05, 0) is 19.1 Å². The predicted octanol–water partition coefficient (Wildman–Crippen LogP) is 3.63. The Bertz CT molecular complexity index is 585. The van der Waals surface area contributed by atoms with Crippen LogP contribution < -0.4 is 5.32 Å². The summed E-state index contributed by atoms with van der Waals surface area (Å²) in [5.41, 5.74) is 1.15. The van der Waals surface area contributed by atoms with Crippen LogP contribution >= 0.6 is 22.9 Å². The maximum absolute atomic E-state index is 10.9. The molecular formula is C11H10ClN3O2S. The topological polar surface area (TPSA) is 68.1 Å². The van der Waals surface area contributed by atoms with Gasteiger partial charge in [-0.25, -0.2) is 4.98 Å². The summed E-state index contributed by atoms with van der Waals surface area (Å²) in [5, 5.41) is 16.9. The summed E-state index contributed by atoms with van der Waals surface area (Å²) in [5.74, 6) is 0. The molecule has 1 N–H and O–H groups in total. The molecule has 1 aromatic heterocycles. The van der Waals surface area contributed by atoms with E-state index < -0.39 is 4.92 Å². The minimum atomic E-state index is -0.489. The van der Waals surface area contributed by atoms with Crippen molar-refractivity contribution in [1.82, 2.24) is 4.98 Å². The zero-order chi connectivity index (χ0) is 13.1. The average molecular weight is 284 g/mol. The number of rotatable bonds is 4.